The van der Waals surface area contributed by atoms with Gasteiger partial charge in [-0.1, -0.05) is 12.1 Å². The number of nitrogens with one attached hydrogen (secondary N) is 1. The maximum absolute atomic E-state index is 12.4. The molecule has 1 N–H and O–H groups in total. The van der Waals surface area contributed by atoms with E-state index in [9.17, 15) is 18.0 Å². The molecule has 2 fully saturated rings. The van der Waals surface area contributed by atoms with Crippen molar-refractivity contribution in [1.29, 1.82) is 0 Å². The maximum atomic E-state index is 12.4. The molecule has 1 aliphatic heterocycles. The summed E-state index contributed by atoms with van der Waals surface area (Å²) in [6.45, 7) is 3.94. The van der Waals surface area contributed by atoms with Crippen molar-refractivity contribution >= 4 is 11.6 Å². The first-order chi connectivity index (χ1) is 15.3. The summed E-state index contributed by atoms with van der Waals surface area (Å²) in [5, 5.41) is 1.95. The number of ether oxygens (including phenoxy) is 2. The second-order valence-corrected chi connectivity index (χ2v) is 8.48. The Bertz CT molecular complexity index is 912. The maximum Gasteiger partial charge on any atom is 0.471 e. The molecule has 2 aromatic rings. The number of amides is 1. The Morgan fingerprint density at radius 2 is 1.72 bits per heavy atom. The summed E-state index contributed by atoms with van der Waals surface area (Å²) in [7, 11) is 0. The fourth-order valence-corrected chi connectivity index (χ4v) is 3.70. The number of carbonyl (C=O) groups is 1. The third kappa shape index (κ3) is 5.87. The summed E-state index contributed by atoms with van der Waals surface area (Å²) >= 11 is 0. The molecule has 2 aliphatic rings. The average molecular weight is 448 g/mol. The first-order valence-corrected chi connectivity index (χ1v) is 10.9. The highest BCUT2D eigenvalue weighted by atomic mass is 19.4. The molecule has 172 valence electrons. The highest BCUT2D eigenvalue weighted by molar-refractivity contribution is 5.82. The van der Waals surface area contributed by atoms with E-state index in [1.807, 2.05) is 17.4 Å². The molecule has 0 aromatic heterocycles. The van der Waals surface area contributed by atoms with Gasteiger partial charge in [0.1, 0.15) is 17.6 Å². The quantitative estimate of drug-likeness (QED) is 0.626. The van der Waals surface area contributed by atoms with Crippen LogP contribution >= 0.6 is 0 Å². The predicted molar refractivity (Wildman–Crippen MR) is 115 cm³/mol. The number of hydrogen-bond donors (Lipinski definition) is 1. The number of halogens is 3. The normalized spacial score (nSPS) is 19.5. The van der Waals surface area contributed by atoms with E-state index in [0.29, 0.717) is 11.3 Å². The Hall–Kier alpha value is -2.90. The van der Waals surface area contributed by atoms with Gasteiger partial charge in [-0.25, -0.2) is 0 Å². The Morgan fingerprint density at radius 3 is 2.34 bits per heavy atom. The minimum atomic E-state index is -4.89. The van der Waals surface area contributed by atoms with E-state index in [2.05, 4.69) is 17.0 Å². The molecule has 0 spiro atoms. The van der Waals surface area contributed by atoms with Crippen molar-refractivity contribution in [3.8, 4) is 11.5 Å². The predicted octanol–water partition coefficient (Wildman–Crippen LogP) is 4.87. The first-order valence-electron chi connectivity index (χ1n) is 10.9. The number of anilines is 1. The first kappa shape index (κ1) is 22.3. The fourth-order valence-electron chi connectivity index (χ4n) is 3.70. The van der Waals surface area contributed by atoms with Crippen LogP contribution in [0.25, 0.3) is 0 Å². The van der Waals surface area contributed by atoms with Crippen molar-refractivity contribution in [2.45, 2.75) is 44.5 Å². The van der Waals surface area contributed by atoms with E-state index in [0.717, 1.165) is 43.5 Å². The van der Waals surface area contributed by atoms with Crippen LogP contribution in [0.4, 0.5) is 18.9 Å². The van der Waals surface area contributed by atoms with E-state index in [4.69, 9.17) is 9.47 Å². The molecule has 0 unspecified atom stereocenters. The van der Waals surface area contributed by atoms with E-state index in [-0.39, 0.29) is 6.10 Å². The van der Waals surface area contributed by atoms with E-state index in [1.54, 1.807) is 24.3 Å². The molecule has 1 saturated heterocycles. The van der Waals surface area contributed by atoms with Crippen molar-refractivity contribution in [2.75, 3.05) is 24.6 Å². The zero-order valence-electron chi connectivity index (χ0n) is 17.9. The van der Waals surface area contributed by atoms with Crippen molar-refractivity contribution in [3.05, 3.63) is 54.1 Å². The number of hydrogen-bond acceptors (Lipinski definition) is 4. The largest absolute Gasteiger partial charge is 0.493 e. The third-order valence-corrected chi connectivity index (χ3v) is 5.82. The van der Waals surface area contributed by atoms with Gasteiger partial charge in [-0.05, 0) is 67.6 Å². The van der Waals surface area contributed by atoms with Crippen molar-refractivity contribution in [3.63, 3.8) is 0 Å². The minimum Gasteiger partial charge on any atom is -0.493 e. The average Bonchev–Trinajstić information content (AvgIpc) is 3.49. The van der Waals surface area contributed by atoms with E-state index in [1.165, 1.54) is 19.8 Å². The molecular formula is C24H27F3N2O3. The van der Waals surface area contributed by atoms with Crippen LogP contribution in [0.1, 0.15) is 37.8 Å². The lowest BCUT2D eigenvalue weighted by Crippen LogP contribution is -2.38. The standard InChI is InChI=1S/C24H27F3N2O3/c1-16(28-23(30)24(25,26)27)18-4-8-21(9-5-18)32-22-12-13-29(14-22)19-6-10-20(11-7-19)31-15-17-2-3-17/h4-11,16-17,22H,2-3,12-15H2,1H3,(H,28,30)/t16-,22+/m0/s1. The molecule has 32 heavy (non-hydrogen) atoms. The lowest BCUT2D eigenvalue weighted by Gasteiger charge is -2.20. The molecule has 2 atom stereocenters. The van der Waals surface area contributed by atoms with Crippen LogP contribution in [0.15, 0.2) is 48.5 Å². The Kier molecular flexibility index (Phi) is 6.48. The van der Waals surface area contributed by atoms with Gasteiger partial charge in [-0.15, -0.1) is 0 Å². The Labute approximate surface area is 185 Å². The second kappa shape index (κ2) is 9.30. The van der Waals surface area contributed by atoms with Gasteiger partial charge in [0.25, 0.3) is 0 Å². The lowest BCUT2D eigenvalue weighted by atomic mass is 10.1. The number of alkyl halides is 3. The summed E-state index contributed by atoms with van der Waals surface area (Å²) in [5.74, 6) is 0.327. The number of nitrogens with zero attached hydrogens (tertiary/aromatic N) is 1. The molecule has 1 saturated carbocycles. The zero-order chi connectivity index (χ0) is 22.7. The molecular weight excluding hydrogens is 421 g/mol. The molecule has 8 heteroatoms. The summed E-state index contributed by atoms with van der Waals surface area (Å²) in [6, 6.07) is 14.2. The molecule has 0 bridgehead atoms. The van der Waals surface area contributed by atoms with Crippen molar-refractivity contribution in [2.24, 2.45) is 5.92 Å². The van der Waals surface area contributed by atoms with Gasteiger partial charge in [0.15, 0.2) is 0 Å². The zero-order valence-corrected chi connectivity index (χ0v) is 17.9. The van der Waals surface area contributed by atoms with Crippen LogP contribution in [-0.4, -0.2) is 37.9 Å². The molecule has 2 aromatic carbocycles. The second-order valence-electron chi connectivity index (χ2n) is 8.48. The summed E-state index contributed by atoms with van der Waals surface area (Å²) in [6.07, 6.45) is -1.46. The SMILES string of the molecule is C[C@H](NC(=O)C(F)(F)F)c1ccc(O[C@@H]2CCN(c3ccc(OCC4CC4)cc3)C2)cc1. The van der Waals surface area contributed by atoms with Crippen LogP contribution in [0.5, 0.6) is 11.5 Å². The number of carbonyl (C=O) groups excluding carboxylic acids is 1. The van der Waals surface area contributed by atoms with Crippen LogP contribution in [0.2, 0.25) is 0 Å². The van der Waals surface area contributed by atoms with Crippen LogP contribution in [0.3, 0.4) is 0 Å². The highest BCUT2D eigenvalue weighted by Crippen LogP contribution is 2.30. The molecule has 1 aliphatic carbocycles. The molecule has 1 heterocycles. The van der Waals surface area contributed by atoms with Gasteiger partial charge >= 0.3 is 12.1 Å². The minimum absolute atomic E-state index is 0.0222. The molecule has 1 amide bonds. The van der Waals surface area contributed by atoms with Gasteiger partial charge in [0.05, 0.1) is 19.2 Å². The summed E-state index contributed by atoms with van der Waals surface area (Å²) < 4.78 is 49.1. The summed E-state index contributed by atoms with van der Waals surface area (Å²) in [5.41, 5.74) is 1.70. The van der Waals surface area contributed by atoms with Gasteiger partial charge in [-0.2, -0.15) is 13.2 Å². The topological polar surface area (TPSA) is 50.8 Å². The van der Waals surface area contributed by atoms with Crippen molar-refractivity contribution < 1.29 is 27.4 Å². The van der Waals surface area contributed by atoms with Gasteiger partial charge in [0, 0.05) is 18.7 Å². The van der Waals surface area contributed by atoms with Crippen molar-refractivity contribution in [1.82, 2.24) is 5.32 Å². The fraction of sp³-hybridized carbons (Fsp3) is 0.458. The summed E-state index contributed by atoms with van der Waals surface area (Å²) in [4.78, 5) is 13.4. The molecule has 5 nitrogen and oxygen atoms in total. The van der Waals surface area contributed by atoms with Gasteiger partial charge < -0.3 is 19.7 Å². The van der Waals surface area contributed by atoms with E-state index < -0.39 is 18.1 Å². The Morgan fingerprint density at radius 1 is 1.06 bits per heavy atom. The van der Waals surface area contributed by atoms with Crippen LogP contribution in [-0.2, 0) is 4.79 Å². The van der Waals surface area contributed by atoms with Gasteiger partial charge in [-0.3, -0.25) is 4.79 Å². The van der Waals surface area contributed by atoms with E-state index >= 15 is 0 Å². The monoisotopic (exact) mass is 448 g/mol. The van der Waals surface area contributed by atoms with Gasteiger partial charge in [0.2, 0.25) is 0 Å². The molecule has 0 radical (unpaired) electrons. The number of rotatable bonds is 8. The highest BCUT2D eigenvalue weighted by Gasteiger charge is 2.39. The van der Waals surface area contributed by atoms with Crippen LogP contribution < -0.4 is 19.7 Å². The Balaban J connectivity index is 1.26. The lowest BCUT2D eigenvalue weighted by molar-refractivity contribution is -0.174. The number of benzene rings is 2. The smallest absolute Gasteiger partial charge is 0.471 e. The van der Waals surface area contributed by atoms with Crippen LogP contribution in [0, 0.1) is 5.92 Å². The third-order valence-electron chi connectivity index (χ3n) is 5.82. The molecule has 4 rings (SSSR count).